The van der Waals surface area contributed by atoms with Gasteiger partial charge in [-0.15, -0.1) is 0 Å². The third kappa shape index (κ3) is 5.67. The van der Waals surface area contributed by atoms with Crippen LogP contribution in [0.2, 0.25) is 0 Å². The molecule has 1 amide bonds. The van der Waals surface area contributed by atoms with Crippen molar-refractivity contribution in [1.29, 1.82) is 0 Å². The van der Waals surface area contributed by atoms with E-state index in [0.29, 0.717) is 11.3 Å². The van der Waals surface area contributed by atoms with Crippen LogP contribution in [0.25, 0.3) is 26.9 Å². The number of benzene rings is 4. The van der Waals surface area contributed by atoms with Crippen LogP contribution in [0.5, 0.6) is 0 Å². The van der Waals surface area contributed by atoms with E-state index in [1.54, 1.807) is 0 Å². The quantitative estimate of drug-likeness (QED) is 0.215. The first-order valence-corrected chi connectivity index (χ1v) is 14.1. The van der Waals surface area contributed by atoms with Crippen molar-refractivity contribution in [3.8, 4) is 11.1 Å². The number of hydrogen-bond acceptors (Lipinski definition) is 1. The monoisotopic (exact) mass is 539 g/mol. The Kier molecular flexibility index (Phi) is 7.56. The Labute approximate surface area is 243 Å². The minimum Gasteiger partial charge on any atom is -0.346 e. The summed E-state index contributed by atoms with van der Waals surface area (Å²) in [5.74, 6) is -0.0700. The van der Waals surface area contributed by atoms with E-state index in [-0.39, 0.29) is 17.4 Å². The highest BCUT2D eigenvalue weighted by Crippen LogP contribution is 2.32. The number of rotatable bonds is 6. The highest BCUT2D eigenvalue weighted by molar-refractivity contribution is 5.99. The van der Waals surface area contributed by atoms with Crippen molar-refractivity contribution in [2.45, 2.75) is 59.5 Å². The van der Waals surface area contributed by atoms with E-state index >= 15 is 0 Å². The highest BCUT2D eigenvalue weighted by atomic mass is 16.1. The first-order chi connectivity index (χ1) is 19.6. The first kappa shape index (κ1) is 27.9. The Balaban J connectivity index is 1.35. The molecule has 206 valence electrons. The van der Waals surface area contributed by atoms with E-state index in [0.717, 1.165) is 34.1 Å². The van der Waals surface area contributed by atoms with Gasteiger partial charge in [-0.05, 0) is 77.8 Å². The van der Waals surface area contributed by atoms with Crippen molar-refractivity contribution in [2.75, 3.05) is 0 Å². The number of amides is 1. The fraction of sp³-hybridized carbons (Fsp3) is 0.243. The van der Waals surface area contributed by atoms with E-state index in [2.05, 4.69) is 104 Å². The smallest absolute Gasteiger partial charge is 0.251 e. The number of para-hydroxylation sites is 1. The van der Waals surface area contributed by atoms with Gasteiger partial charge in [0.1, 0.15) is 0 Å². The molecule has 1 N–H and O–H groups in total. The maximum absolute atomic E-state index is 13.3. The number of fused-ring (bicyclic) bond motifs is 1. The van der Waals surface area contributed by atoms with Crippen LogP contribution >= 0.6 is 0 Å². The molecule has 0 saturated heterocycles. The normalized spacial score (nSPS) is 12.2. The standard InChI is InChI=1S/C37H37N3O/c1-24-26(3)40(23-27-12-14-29(15-13-27)32-10-8-9-11-34(32)38-7)35-21-18-30(22-33(24)35)36(41)39-25(2)28-16-19-31(20-17-28)37(4,5)6/h8-22,25H,23H2,1-6H3,(H,39,41)/t25-/m0/s1. The molecule has 5 aromatic rings. The Morgan fingerprint density at radius 2 is 1.61 bits per heavy atom. The molecule has 0 bridgehead atoms. The number of carbonyl (C=O) groups excluding carboxylic acids is 1. The summed E-state index contributed by atoms with van der Waals surface area (Å²) in [6.07, 6.45) is 0. The molecule has 1 atom stereocenters. The number of hydrogen-bond donors (Lipinski definition) is 1. The van der Waals surface area contributed by atoms with Gasteiger partial charge in [0.15, 0.2) is 5.69 Å². The summed E-state index contributed by atoms with van der Waals surface area (Å²) in [4.78, 5) is 16.9. The van der Waals surface area contributed by atoms with E-state index in [9.17, 15) is 4.79 Å². The molecule has 5 rings (SSSR count). The van der Waals surface area contributed by atoms with Crippen LogP contribution in [0.15, 0.2) is 91.0 Å². The van der Waals surface area contributed by atoms with Gasteiger partial charge in [-0.2, -0.15) is 0 Å². The van der Waals surface area contributed by atoms with Gasteiger partial charge < -0.3 is 9.88 Å². The number of aromatic nitrogens is 1. The zero-order chi connectivity index (χ0) is 29.3. The second kappa shape index (κ2) is 11.1. The molecule has 4 nitrogen and oxygen atoms in total. The summed E-state index contributed by atoms with van der Waals surface area (Å²) in [7, 11) is 0. The second-order valence-electron chi connectivity index (χ2n) is 11.9. The van der Waals surface area contributed by atoms with Gasteiger partial charge in [0, 0.05) is 28.7 Å². The van der Waals surface area contributed by atoms with Crippen LogP contribution in [0.4, 0.5) is 5.69 Å². The predicted molar refractivity (Wildman–Crippen MR) is 170 cm³/mol. The summed E-state index contributed by atoms with van der Waals surface area (Å²) < 4.78 is 2.31. The highest BCUT2D eigenvalue weighted by Gasteiger charge is 2.18. The van der Waals surface area contributed by atoms with Crippen LogP contribution in [0.3, 0.4) is 0 Å². The molecule has 1 aromatic heterocycles. The van der Waals surface area contributed by atoms with Crippen LogP contribution in [0.1, 0.15) is 72.0 Å². The van der Waals surface area contributed by atoms with E-state index < -0.39 is 0 Å². The Bertz CT molecular complexity index is 1760. The van der Waals surface area contributed by atoms with Crippen LogP contribution in [0, 0.1) is 20.4 Å². The summed E-state index contributed by atoms with van der Waals surface area (Å²) in [5.41, 5.74) is 10.5. The van der Waals surface area contributed by atoms with Gasteiger partial charge in [-0.3, -0.25) is 4.79 Å². The van der Waals surface area contributed by atoms with Crippen LogP contribution in [-0.4, -0.2) is 10.5 Å². The average Bonchev–Trinajstić information content (AvgIpc) is 3.21. The van der Waals surface area contributed by atoms with Gasteiger partial charge in [-0.1, -0.05) is 93.6 Å². The van der Waals surface area contributed by atoms with Crippen molar-refractivity contribution >= 4 is 22.5 Å². The Morgan fingerprint density at radius 3 is 2.27 bits per heavy atom. The number of carbonyl (C=O) groups is 1. The van der Waals surface area contributed by atoms with E-state index in [1.807, 2.05) is 43.3 Å². The maximum Gasteiger partial charge on any atom is 0.251 e. The molecular weight excluding hydrogens is 502 g/mol. The number of nitrogens with one attached hydrogen (secondary N) is 1. The van der Waals surface area contributed by atoms with E-state index in [4.69, 9.17) is 6.57 Å². The van der Waals surface area contributed by atoms with E-state index in [1.165, 1.54) is 22.4 Å². The molecule has 0 saturated carbocycles. The molecular formula is C37H37N3O. The van der Waals surface area contributed by atoms with Gasteiger partial charge in [0.05, 0.1) is 12.6 Å². The molecule has 0 aliphatic heterocycles. The molecule has 0 fully saturated rings. The molecule has 0 spiro atoms. The molecule has 0 aliphatic carbocycles. The topological polar surface area (TPSA) is 38.4 Å². The molecule has 0 unspecified atom stereocenters. The predicted octanol–water partition coefficient (Wildman–Crippen LogP) is 9.31. The lowest BCUT2D eigenvalue weighted by Gasteiger charge is -2.20. The summed E-state index contributed by atoms with van der Waals surface area (Å²) in [6, 6.07) is 30.6. The SMILES string of the molecule is [C-]#[N+]c1ccccc1-c1ccc(Cn2c(C)c(C)c3cc(C(=O)N[C@@H](C)c4ccc(C(C)(C)C)cc4)ccc32)cc1. The zero-order valence-electron chi connectivity index (χ0n) is 24.7. The fourth-order valence-electron chi connectivity index (χ4n) is 5.42. The van der Waals surface area contributed by atoms with Crippen molar-refractivity contribution in [2.24, 2.45) is 0 Å². The molecule has 4 heteroatoms. The minimum atomic E-state index is -0.0932. The number of aryl methyl sites for hydroxylation is 1. The van der Waals surface area contributed by atoms with Crippen LogP contribution in [-0.2, 0) is 12.0 Å². The molecule has 0 aliphatic rings. The lowest BCUT2D eigenvalue weighted by molar-refractivity contribution is 0.0940. The summed E-state index contributed by atoms with van der Waals surface area (Å²) in [5, 5.41) is 4.28. The molecule has 4 aromatic carbocycles. The number of nitrogens with zero attached hydrogens (tertiary/aromatic N) is 2. The van der Waals surface area contributed by atoms with Crippen LogP contribution < -0.4 is 5.32 Å². The fourth-order valence-corrected chi connectivity index (χ4v) is 5.42. The van der Waals surface area contributed by atoms with Gasteiger partial charge in [0.25, 0.3) is 5.91 Å². The Morgan fingerprint density at radius 1 is 0.927 bits per heavy atom. The largest absolute Gasteiger partial charge is 0.346 e. The summed E-state index contributed by atoms with van der Waals surface area (Å²) in [6.45, 7) is 21.1. The van der Waals surface area contributed by atoms with Gasteiger partial charge in [-0.25, -0.2) is 4.85 Å². The van der Waals surface area contributed by atoms with Crippen molar-refractivity contribution in [3.63, 3.8) is 0 Å². The van der Waals surface area contributed by atoms with Crippen molar-refractivity contribution in [3.05, 3.63) is 136 Å². The average molecular weight is 540 g/mol. The zero-order valence-corrected chi connectivity index (χ0v) is 24.7. The first-order valence-electron chi connectivity index (χ1n) is 14.1. The van der Waals surface area contributed by atoms with Gasteiger partial charge >= 0.3 is 0 Å². The molecule has 41 heavy (non-hydrogen) atoms. The lowest BCUT2D eigenvalue weighted by atomic mass is 9.86. The lowest BCUT2D eigenvalue weighted by Crippen LogP contribution is -2.26. The minimum absolute atomic E-state index is 0.0700. The van der Waals surface area contributed by atoms with Crippen molar-refractivity contribution < 1.29 is 4.79 Å². The second-order valence-corrected chi connectivity index (χ2v) is 11.9. The maximum atomic E-state index is 13.3. The van der Waals surface area contributed by atoms with Crippen molar-refractivity contribution in [1.82, 2.24) is 9.88 Å². The Hall–Kier alpha value is -4.62. The third-order valence-corrected chi connectivity index (χ3v) is 8.16. The molecule has 1 heterocycles. The third-order valence-electron chi connectivity index (χ3n) is 8.16. The van der Waals surface area contributed by atoms with Gasteiger partial charge in [0.2, 0.25) is 0 Å². The summed E-state index contributed by atoms with van der Waals surface area (Å²) >= 11 is 0. The molecule has 0 radical (unpaired) electrons.